The third-order valence-corrected chi connectivity index (χ3v) is 12.1. The lowest BCUT2D eigenvalue weighted by atomic mass is 9.81. The maximum absolute atomic E-state index is 6.34. The number of furan rings is 1. The van der Waals surface area contributed by atoms with Gasteiger partial charge in [0.15, 0.2) is 17.5 Å². The molecule has 1 aliphatic carbocycles. The van der Waals surface area contributed by atoms with Crippen molar-refractivity contribution >= 4 is 53.4 Å². The van der Waals surface area contributed by atoms with E-state index in [1.807, 2.05) is 30.3 Å². The topological polar surface area (TPSA) is 51.8 Å². The Morgan fingerprint density at radius 3 is 1.89 bits per heavy atom. The Morgan fingerprint density at radius 1 is 0.415 bits per heavy atom. The minimum atomic E-state index is -0.133. The van der Waals surface area contributed by atoms with Crippen molar-refractivity contribution in [2.45, 2.75) is 19.3 Å². The minimum Gasteiger partial charge on any atom is -0.456 e. The van der Waals surface area contributed by atoms with Gasteiger partial charge in [0.25, 0.3) is 0 Å². The number of fused-ring (bicyclic) bond motifs is 9. The third kappa shape index (κ3) is 4.71. The van der Waals surface area contributed by atoms with Crippen molar-refractivity contribution in [1.82, 2.24) is 15.0 Å². The Kier molecular flexibility index (Phi) is 6.43. The summed E-state index contributed by atoms with van der Waals surface area (Å²) >= 11 is 1.80. The van der Waals surface area contributed by atoms with Crippen LogP contribution in [-0.4, -0.2) is 15.0 Å². The molecule has 0 radical (unpaired) electrons. The molecule has 1 aliphatic rings. The minimum absolute atomic E-state index is 0.133. The molecule has 0 fully saturated rings. The van der Waals surface area contributed by atoms with Crippen molar-refractivity contribution in [3.05, 3.63) is 163 Å². The van der Waals surface area contributed by atoms with Crippen molar-refractivity contribution in [3.8, 4) is 56.4 Å². The summed E-state index contributed by atoms with van der Waals surface area (Å²) in [4.78, 5) is 15.2. The van der Waals surface area contributed by atoms with Gasteiger partial charge in [0.2, 0.25) is 0 Å². The Hall–Kier alpha value is -6.43. The van der Waals surface area contributed by atoms with E-state index in [1.54, 1.807) is 11.3 Å². The van der Waals surface area contributed by atoms with Gasteiger partial charge in [0.1, 0.15) is 11.2 Å². The molecule has 3 aromatic heterocycles. The van der Waals surface area contributed by atoms with Gasteiger partial charge in [-0.1, -0.05) is 123 Å². The molecule has 11 rings (SSSR count). The largest absolute Gasteiger partial charge is 0.456 e. The van der Waals surface area contributed by atoms with Crippen molar-refractivity contribution in [2.75, 3.05) is 0 Å². The predicted molar refractivity (Wildman–Crippen MR) is 219 cm³/mol. The average Bonchev–Trinajstić information content (AvgIpc) is 3.84. The average molecular weight is 698 g/mol. The van der Waals surface area contributed by atoms with E-state index in [2.05, 4.69) is 135 Å². The molecule has 0 saturated carbocycles. The third-order valence-electron chi connectivity index (χ3n) is 10.9. The fourth-order valence-electron chi connectivity index (χ4n) is 8.20. The van der Waals surface area contributed by atoms with Crippen LogP contribution >= 0.6 is 11.3 Å². The van der Waals surface area contributed by atoms with Crippen LogP contribution in [0.25, 0.3) is 98.5 Å². The first-order valence-electron chi connectivity index (χ1n) is 17.9. The molecule has 5 heteroatoms. The van der Waals surface area contributed by atoms with Crippen LogP contribution in [0, 0.1) is 0 Å². The van der Waals surface area contributed by atoms with Crippen molar-refractivity contribution in [3.63, 3.8) is 0 Å². The SMILES string of the molecule is CC1(C)c2ccc(-c3cccc(-c4nc(-c5ccccc5)nc(-c5ccc6c(c5)sc5ccccc56)n4)c3)cc2-c2cc3oc4ccccc4c3cc21. The van der Waals surface area contributed by atoms with Gasteiger partial charge < -0.3 is 4.42 Å². The number of hydrogen-bond donors (Lipinski definition) is 0. The van der Waals surface area contributed by atoms with E-state index < -0.39 is 0 Å². The molecule has 3 heterocycles. The van der Waals surface area contributed by atoms with Crippen LogP contribution in [-0.2, 0) is 5.41 Å². The maximum Gasteiger partial charge on any atom is 0.164 e. The van der Waals surface area contributed by atoms with Gasteiger partial charge in [-0.15, -0.1) is 11.3 Å². The van der Waals surface area contributed by atoms with Crippen LogP contribution in [0.3, 0.4) is 0 Å². The summed E-state index contributed by atoms with van der Waals surface area (Å²) in [6, 6.07) is 53.6. The highest BCUT2D eigenvalue weighted by Crippen LogP contribution is 2.51. The number of nitrogens with zero attached hydrogens (tertiary/aromatic N) is 3. The quantitative estimate of drug-likeness (QED) is 0.184. The Labute approximate surface area is 310 Å². The molecule has 10 aromatic rings. The zero-order chi connectivity index (χ0) is 35.3. The summed E-state index contributed by atoms with van der Waals surface area (Å²) in [5.74, 6) is 1.96. The van der Waals surface area contributed by atoms with Crippen molar-refractivity contribution in [1.29, 1.82) is 0 Å². The first-order chi connectivity index (χ1) is 26.0. The Balaban J connectivity index is 1.03. The molecule has 7 aromatic carbocycles. The molecule has 0 unspecified atom stereocenters. The lowest BCUT2D eigenvalue weighted by molar-refractivity contribution is 0.658. The number of hydrogen-bond acceptors (Lipinski definition) is 5. The molecule has 250 valence electrons. The summed E-state index contributed by atoms with van der Waals surface area (Å²) in [6.45, 7) is 4.65. The second-order valence-electron chi connectivity index (χ2n) is 14.4. The van der Waals surface area contributed by atoms with Crippen LogP contribution < -0.4 is 0 Å². The van der Waals surface area contributed by atoms with Gasteiger partial charge in [0, 0.05) is 53.1 Å². The monoisotopic (exact) mass is 697 g/mol. The van der Waals surface area contributed by atoms with Gasteiger partial charge in [-0.3, -0.25) is 0 Å². The summed E-state index contributed by atoms with van der Waals surface area (Å²) in [7, 11) is 0. The molecule has 4 nitrogen and oxygen atoms in total. The van der Waals surface area contributed by atoms with E-state index >= 15 is 0 Å². The second kappa shape index (κ2) is 11.3. The summed E-state index contributed by atoms with van der Waals surface area (Å²) in [5.41, 5.74) is 12.0. The first kappa shape index (κ1) is 30.2. The second-order valence-corrected chi connectivity index (χ2v) is 15.5. The summed E-state index contributed by atoms with van der Waals surface area (Å²) in [5, 5.41) is 4.86. The normalized spacial score (nSPS) is 13.2. The van der Waals surface area contributed by atoms with Crippen molar-refractivity contribution in [2.24, 2.45) is 0 Å². The molecule has 0 saturated heterocycles. The van der Waals surface area contributed by atoms with E-state index in [0.717, 1.165) is 44.4 Å². The van der Waals surface area contributed by atoms with E-state index in [1.165, 1.54) is 47.8 Å². The molecular weight excluding hydrogens is 667 g/mol. The number of benzene rings is 7. The fraction of sp³-hybridized carbons (Fsp3) is 0.0625. The van der Waals surface area contributed by atoms with Crippen LogP contribution in [0.15, 0.2) is 156 Å². The van der Waals surface area contributed by atoms with Gasteiger partial charge in [-0.25, -0.2) is 15.0 Å². The zero-order valence-electron chi connectivity index (χ0n) is 29.1. The highest BCUT2D eigenvalue weighted by Gasteiger charge is 2.36. The van der Waals surface area contributed by atoms with Crippen LogP contribution in [0.1, 0.15) is 25.0 Å². The zero-order valence-corrected chi connectivity index (χ0v) is 29.9. The lowest BCUT2D eigenvalue weighted by Crippen LogP contribution is -2.14. The van der Waals surface area contributed by atoms with E-state index in [4.69, 9.17) is 19.4 Å². The van der Waals surface area contributed by atoms with Gasteiger partial charge in [-0.05, 0) is 75.8 Å². The van der Waals surface area contributed by atoms with Crippen molar-refractivity contribution < 1.29 is 4.42 Å². The van der Waals surface area contributed by atoms with E-state index in [-0.39, 0.29) is 5.41 Å². The molecular formula is C48H31N3OS. The molecule has 0 amide bonds. The summed E-state index contributed by atoms with van der Waals surface area (Å²) < 4.78 is 8.84. The molecule has 0 spiro atoms. The standard InChI is InChI=1S/C48H31N3OS/c1-48(2)39-22-20-30(24-36(39)37-27-42-38(26-40(37)48)33-15-6-8-17-41(33)52-42)29-13-10-14-31(23-29)46-49-45(28-11-4-3-5-12-28)50-47(51-46)32-19-21-35-34-16-7-9-18-43(34)53-44(35)25-32/h3-27H,1-2H3. The van der Waals surface area contributed by atoms with Crippen LogP contribution in [0.4, 0.5) is 0 Å². The number of para-hydroxylation sites is 1. The highest BCUT2D eigenvalue weighted by molar-refractivity contribution is 7.25. The summed E-state index contributed by atoms with van der Waals surface area (Å²) in [6.07, 6.45) is 0. The molecule has 0 N–H and O–H groups in total. The van der Waals surface area contributed by atoms with Gasteiger partial charge in [0.05, 0.1) is 0 Å². The molecule has 0 bridgehead atoms. The Morgan fingerprint density at radius 2 is 1.04 bits per heavy atom. The van der Waals surface area contributed by atoms with Gasteiger partial charge in [-0.2, -0.15) is 0 Å². The van der Waals surface area contributed by atoms with E-state index in [9.17, 15) is 0 Å². The molecule has 0 atom stereocenters. The number of thiophene rings is 1. The highest BCUT2D eigenvalue weighted by atomic mass is 32.1. The predicted octanol–water partition coefficient (Wildman–Crippen LogP) is 13.1. The van der Waals surface area contributed by atoms with Crippen LogP contribution in [0.2, 0.25) is 0 Å². The van der Waals surface area contributed by atoms with E-state index in [0.29, 0.717) is 17.5 Å². The molecule has 53 heavy (non-hydrogen) atoms. The maximum atomic E-state index is 6.34. The molecule has 0 aliphatic heterocycles. The smallest absolute Gasteiger partial charge is 0.164 e. The Bertz CT molecular complexity index is 3100. The van der Waals surface area contributed by atoms with Crippen LogP contribution in [0.5, 0.6) is 0 Å². The fourth-order valence-corrected chi connectivity index (χ4v) is 9.35. The number of rotatable bonds is 4. The number of aromatic nitrogens is 3. The van der Waals surface area contributed by atoms with Gasteiger partial charge >= 0.3 is 0 Å². The first-order valence-corrected chi connectivity index (χ1v) is 18.7. The lowest BCUT2D eigenvalue weighted by Gasteiger charge is -2.21.